The highest BCUT2D eigenvalue weighted by molar-refractivity contribution is 5.59. The van der Waals surface area contributed by atoms with Gasteiger partial charge in [-0.3, -0.25) is 10.1 Å². The number of rotatable bonds is 6. The first-order valence-corrected chi connectivity index (χ1v) is 9.81. The van der Waals surface area contributed by atoms with E-state index in [1.165, 1.54) is 21.3 Å². The number of fused-ring (bicyclic) bond motifs is 1. The van der Waals surface area contributed by atoms with Crippen LogP contribution >= 0.6 is 0 Å². The zero-order valence-electron chi connectivity index (χ0n) is 17.4. The van der Waals surface area contributed by atoms with Gasteiger partial charge in [0.1, 0.15) is 0 Å². The summed E-state index contributed by atoms with van der Waals surface area (Å²) in [6.07, 6.45) is 0. The monoisotopic (exact) mass is 421 g/mol. The highest BCUT2D eigenvalue weighted by atomic mass is 16.6. The van der Waals surface area contributed by atoms with Crippen LogP contribution in [0.2, 0.25) is 0 Å². The SMILES string of the molecule is COc1cc2c(cc1O)[C@H](c1ccc(OC)c(OC)c1)[C@@H]([N+](=O)[O-])[C@H]2c1ccccc1. The Balaban J connectivity index is 1.97. The van der Waals surface area contributed by atoms with E-state index in [0.29, 0.717) is 22.6 Å². The van der Waals surface area contributed by atoms with E-state index in [1.807, 2.05) is 30.3 Å². The van der Waals surface area contributed by atoms with Gasteiger partial charge in [0.05, 0.1) is 33.2 Å². The molecular weight excluding hydrogens is 398 g/mol. The van der Waals surface area contributed by atoms with E-state index in [-0.39, 0.29) is 16.4 Å². The standard InChI is InChI=1S/C24H23NO6/c1-29-19-10-9-15(11-21(19)31-3)23-16-12-18(26)20(30-2)13-17(16)22(24(23)25(27)28)14-7-5-4-6-8-14/h4-13,22-24,26H,1-3H3/t22-,23-,24-/m0/s1. The Morgan fingerprint density at radius 1 is 0.774 bits per heavy atom. The number of phenolic OH excluding ortho intramolecular Hbond substituents is 1. The fourth-order valence-electron chi connectivity index (χ4n) is 4.57. The fraction of sp³-hybridized carbons (Fsp3) is 0.250. The van der Waals surface area contributed by atoms with Crippen molar-refractivity contribution in [2.24, 2.45) is 0 Å². The van der Waals surface area contributed by atoms with E-state index < -0.39 is 17.9 Å². The van der Waals surface area contributed by atoms with Crippen molar-refractivity contribution in [1.29, 1.82) is 0 Å². The third-order valence-corrected chi connectivity index (χ3v) is 5.91. The predicted molar refractivity (Wildman–Crippen MR) is 115 cm³/mol. The maximum Gasteiger partial charge on any atom is 0.234 e. The van der Waals surface area contributed by atoms with Crippen LogP contribution in [0, 0.1) is 10.1 Å². The Kier molecular flexibility index (Phi) is 5.42. The van der Waals surface area contributed by atoms with Crippen molar-refractivity contribution in [1.82, 2.24) is 0 Å². The third-order valence-electron chi connectivity index (χ3n) is 5.91. The van der Waals surface area contributed by atoms with Crippen LogP contribution in [0.3, 0.4) is 0 Å². The Morgan fingerprint density at radius 3 is 2.00 bits per heavy atom. The molecule has 0 spiro atoms. The van der Waals surface area contributed by atoms with Crippen LogP contribution in [0.15, 0.2) is 60.7 Å². The number of nitrogens with zero attached hydrogens (tertiary/aromatic N) is 1. The molecule has 3 aromatic rings. The van der Waals surface area contributed by atoms with Crippen LogP contribution in [-0.2, 0) is 0 Å². The van der Waals surface area contributed by atoms with Crippen LogP contribution in [0.5, 0.6) is 23.0 Å². The van der Waals surface area contributed by atoms with E-state index in [4.69, 9.17) is 14.2 Å². The molecular formula is C24H23NO6. The van der Waals surface area contributed by atoms with Gasteiger partial charge in [0.15, 0.2) is 23.0 Å². The number of benzene rings is 3. The summed E-state index contributed by atoms with van der Waals surface area (Å²) in [5.74, 6) is 0.173. The summed E-state index contributed by atoms with van der Waals surface area (Å²) in [5, 5.41) is 22.9. The minimum atomic E-state index is -0.970. The number of aromatic hydroxyl groups is 1. The maximum absolute atomic E-state index is 12.4. The molecule has 1 aliphatic carbocycles. The molecule has 0 heterocycles. The van der Waals surface area contributed by atoms with Gasteiger partial charge < -0.3 is 19.3 Å². The second kappa shape index (κ2) is 8.18. The zero-order valence-corrected chi connectivity index (χ0v) is 17.4. The van der Waals surface area contributed by atoms with Crippen molar-refractivity contribution < 1.29 is 24.2 Å². The van der Waals surface area contributed by atoms with Gasteiger partial charge in [-0.05, 0) is 46.5 Å². The molecule has 3 aromatic carbocycles. The molecule has 0 saturated carbocycles. The second-order valence-electron chi connectivity index (χ2n) is 7.41. The van der Waals surface area contributed by atoms with Crippen molar-refractivity contribution in [3.8, 4) is 23.0 Å². The summed E-state index contributed by atoms with van der Waals surface area (Å²) >= 11 is 0. The average molecular weight is 421 g/mol. The molecule has 0 saturated heterocycles. The Labute approximate surface area is 180 Å². The van der Waals surface area contributed by atoms with Crippen molar-refractivity contribution >= 4 is 0 Å². The van der Waals surface area contributed by atoms with Gasteiger partial charge in [-0.1, -0.05) is 36.4 Å². The van der Waals surface area contributed by atoms with Gasteiger partial charge in [-0.25, -0.2) is 0 Å². The number of methoxy groups -OCH3 is 3. The maximum atomic E-state index is 12.4. The summed E-state index contributed by atoms with van der Waals surface area (Å²) < 4.78 is 16.1. The molecule has 31 heavy (non-hydrogen) atoms. The van der Waals surface area contributed by atoms with Crippen molar-refractivity contribution in [2.45, 2.75) is 17.9 Å². The minimum absolute atomic E-state index is 0.0532. The van der Waals surface area contributed by atoms with Crippen LogP contribution in [0.25, 0.3) is 0 Å². The van der Waals surface area contributed by atoms with Gasteiger partial charge in [0.2, 0.25) is 6.04 Å². The van der Waals surface area contributed by atoms with Gasteiger partial charge in [0, 0.05) is 4.92 Å². The highest BCUT2D eigenvalue weighted by Gasteiger charge is 2.50. The van der Waals surface area contributed by atoms with E-state index in [9.17, 15) is 15.2 Å². The average Bonchev–Trinajstić information content (AvgIpc) is 3.12. The second-order valence-corrected chi connectivity index (χ2v) is 7.41. The molecule has 7 nitrogen and oxygen atoms in total. The van der Waals surface area contributed by atoms with Crippen molar-refractivity contribution in [3.05, 3.63) is 93.0 Å². The molecule has 7 heteroatoms. The summed E-state index contributed by atoms with van der Waals surface area (Å²) in [4.78, 5) is 12.2. The molecule has 0 fully saturated rings. The largest absolute Gasteiger partial charge is 0.504 e. The van der Waals surface area contributed by atoms with Gasteiger partial charge in [0.25, 0.3) is 0 Å². The molecule has 0 radical (unpaired) electrons. The molecule has 0 aromatic heterocycles. The van der Waals surface area contributed by atoms with Crippen LogP contribution < -0.4 is 14.2 Å². The molecule has 160 valence electrons. The molecule has 1 aliphatic rings. The number of phenols is 1. The molecule has 0 unspecified atom stereocenters. The highest BCUT2D eigenvalue weighted by Crippen LogP contribution is 2.53. The normalized spacial score (nSPS) is 19.5. The van der Waals surface area contributed by atoms with Crippen LogP contribution in [0.4, 0.5) is 0 Å². The lowest BCUT2D eigenvalue weighted by Gasteiger charge is -2.20. The third kappa shape index (κ3) is 3.42. The van der Waals surface area contributed by atoms with Crippen molar-refractivity contribution in [3.63, 3.8) is 0 Å². The fourth-order valence-corrected chi connectivity index (χ4v) is 4.57. The number of hydrogen-bond donors (Lipinski definition) is 1. The molecule has 0 aliphatic heterocycles. The number of hydrogen-bond acceptors (Lipinski definition) is 6. The summed E-state index contributed by atoms with van der Waals surface area (Å²) in [7, 11) is 4.53. The number of nitro groups is 1. The molecule has 4 rings (SSSR count). The van der Waals surface area contributed by atoms with E-state index in [1.54, 1.807) is 30.3 Å². The number of ether oxygens (including phenoxy) is 3. The molecule has 1 N–H and O–H groups in total. The van der Waals surface area contributed by atoms with E-state index >= 15 is 0 Å². The van der Waals surface area contributed by atoms with Gasteiger partial charge in [-0.15, -0.1) is 0 Å². The first kappa shape index (κ1) is 20.5. The molecule has 0 amide bonds. The topological polar surface area (TPSA) is 91.1 Å². The molecule has 0 bridgehead atoms. The van der Waals surface area contributed by atoms with Gasteiger partial charge >= 0.3 is 0 Å². The Hall–Kier alpha value is -3.74. The van der Waals surface area contributed by atoms with Gasteiger partial charge in [-0.2, -0.15) is 0 Å². The lowest BCUT2D eigenvalue weighted by Crippen LogP contribution is -2.29. The van der Waals surface area contributed by atoms with Crippen molar-refractivity contribution in [2.75, 3.05) is 21.3 Å². The predicted octanol–water partition coefficient (Wildman–Crippen LogP) is 4.34. The summed E-state index contributed by atoms with van der Waals surface area (Å²) in [6, 6.07) is 17.0. The van der Waals surface area contributed by atoms with Crippen LogP contribution in [-0.4, -0.2) is 37.4 Å². The smallest absolute Gasteiger partial charge is 0.234 e. The Morgan fingerprint density at radius 2 is 1.39 bits per heavy atom. The minimum Gasteiger partial charge on any atom is -0.504 e. The van der Waals surface area contributed by atoms with E-state index in [0.717, 1.165) is 11.1 Å². The quantitative estimate of drug-likeness (QED) is 0.470. The lowest BCUT2D eigenvalue weighted by atomic mass is 9.85. The first-order valence-electron chi connectivity index (χ1n) is 9.81. The van der Waals surface area contributed by atoms with Crippen LogP contribution in [0.1, 0.15) is 34.1 Å². The Bertz CT molecular complexity index is 1110. The zero-order chi connectivity index (χ0) is 22.1. The lowest BCUT2D eigenvalue weighted by molar-refractivity contribution is -0.525. The summed E-state index contributed by atoms with van der Waals surface area (Å²) in [5.41, 5.74) is 3.01. The molecule has 3 atom stereocenters. The first-order chi connectivity index (χ1) is 15.0. The van der Waals surface area contributed by atoms with E-state index in [2.05, 4.69) is 0 Å². The summed E-state index contributed by atoms with van der Waals surface area (Å²) in [6.45, 7) is 0.